The highest BCUT2D eigenvalue weighted by Gasteiger charge is 2.28. The third-order valence-electron chi connectivity index (χ3n) is 4.17. The summed E-state index contributed by atoms with van der Waals surface area (Å²) in [5.74, 6) is -0.112. The lowest BCUT2D eigenvalue weighted by molar-refractivity contribution is -0.0457. The van der Waals surface area contributed by atoms with Crippen LogP contribution in [0.25, 0.3) is 10.2 Å². The van der Waals surface area contributed by atoms with E-state index in [1.807, 2.05) is 45.0 Å². The van der Waals surface area contributed by atoms with E-state index in [-0.39, 0.29) is 18.1 Å². The lowest BCUT2D eigenvalue weighted by Gasteiger charge is -2.31. The van der Waals surface area contributed by atoms with Crippen LogP contribution in [0.1, 0.15) is 35.6 Å². The second kappa shape index (κ2) is 8.08. The van der Waals surface area contributed by atoms with Crippen LogP contribution in [0.3, 0.4) is 0 Å². The number of carbonyl (C=O) groups is 1. The smallest absolute Gasteiger partial charge is 0.251 e. The molecule has 1 aliphatic rings. The molecule has 0 unspecified atom stereocenters. The molecule has 1 N–H and O–H groups in total. The molecule has 1 aliphatic heterocycles. The van der Waals surface area contributed by atoms with E-state index in [1.165, 1.54) is 5.57 Å². The first kappa shape index (κ1) is 18.0. The molecule has 3 rings (SSSR count). The van der Waals surface area contributed by atoms with Gasteiger partial charge in [0.15, 0.2) is 0 Å². The average Bonchev–Trinajstić information content (AvgIpc) is 2.95. The molecule has 1 saturated heterocycles. The van der Waals surface area contributed by atoms with Crippen molar-refractivity contribution in [1.82, 2.24) is 10.3 Å². The first-order chi connectivity index (χ1) is 12.0. The van der Waals surface area contributed by atoms with Crippen molar-refractivity contribution in [2.24, 2.45) is 0 Å². The second-order valence-corrected chi connectivity index (χ2v) is 7.75. The molecule has 0 spiro atoms. The molecule has 134 valence electrons. The minimum Gasteiger partial charge on any atom is -0.379 e. The van der Waals surface area contributed by atoms with Crippen LogP contribution in [0.2, 0.25) is 0 Å². The van der Waals surface area contributed by atoms with Gasteiger partial charge in [0, 0.05) is 12.2 Å². The van der Waals surface area contributed by atoms with Crippen molar-refractivity contribution in [2.45, 2.75) is 39.3 Å². The van der Waals surface area contributed by atoms with Gasteiger partial charge in [-0.25, -0.2) is 4.98 Å². The lowest BCUT2D eigenvalue weighted by atomic mass is 10.1. The summed E-state index contributed by atoms with van der Waals surface area (Å²) < 4.78 is 12.6. The normalized spacial score (nSPS) is 20.4. The van der Waals surface area contributed by atoms with Crippen molar-refractivity contribution in [2.75, 3.05) is 19.8 Å². The van der Waals surface area contributed by atoms with Crippen LogP contribution in [-0.4, -0.2) is 42.9 Å². The maximum absolute atomic E-state index is 12.6. The number of carbonyl (C=O) groups excluding carboxylic acids is 1. The van der Waals surface area contributed by atoms with Crippen LogP contribution in [0.15, 0.2) is 29.8 Å². The minimum atomic E-state index is -0.139. The highest BCUT2D eigenvalue weighted by atomic mass is 32.1. The molecule has 1 aromatic carbocycles. The van der Waals surface area contributed by atoms with Gasteiger partial charge in [0.1, 0.15) is 0 Å². The highest BCUT2D eigenvalue weighted by molar-refractivity contribution is 7.18. The van der Waals surface area contributed by atoms with Crippen molar-refractivity contribution < 1.29 is 14.3 Å². The van der Waals surface area contributed by atoms with Gasteiger partial charge in [-0.2, -0.15) is 0 Å². The second-order valence-electron chi connectivity index (χ2n) is 6.51. The molecule has 0 aliphatic carbocycles. The highest BCUT2D eigenvalue weighted by Crippen LogP contribution is 2.22. The van der Waals surface area contributed by atoms with Crippen molar-refractivity contribution in [3.8, 4) is 0 Å². The van der Waals surface area contributed by atoms with E-state index in [0.29, 0.717) is 25.4 Å². The summed E-state index contributed by atoms with van der Waals surface area (Å²) in [7, 11) is 0. The van der Waals surface area contributed by atoms with Crippen molar-refractivity contribution in [3.05, 3.63) is 40.4 Å². The molecule has 1 amide bonds. The van der Waals surface area contributed by atoms with Crippen LogP contribution >= 0.6 is 11.3 Å². The number of fused-ring (bicyclic) bond motifs is 1. The Morgan fingerprint density at radius 2 is 2.32 bits per heavy atom. The average molecular weight is 360 g/mol. The third-order valence-corrected chi connectivity index (χ3v) is 5.12. The summed E-state index contributed by atoms with van der Waals surface area (Å²) in [6.07, 6.45) is 2.80. The molecule has 2 atom stereocenters. The molecule has 25 heavy (non-hydrogen) atoms. The molecular formula is C19H24N2O3S. The SMILES string of the molecule is CC(C)=CCO[C@H]1CCOC[C@H]1NC(=O)c1ccc2sc(C)nc2c1. The predicted octanol–water partition coefficient (Wildman–Crippen LogP) is 3.47. The number of ether oxygens (including phenoxy) is 2. The molecule has 0 bridgehead atoms. The van der Waals surface area contributed by atoms with E-state index in [0.717, 1.165) is 21.6 Å². The number of amides is 1. The van der Waals surface area contributed by atoms with E-state index in [4.69, 9.17) is 9.47 Å². The number of thiazole rings is 1. The third kappa shape index (κ3) is 4.66. The fourth-order valence-corrected chi connectivity index (χ4v) is 3.63. The first-order valence-corrected chi connectivity index (χ1v) is 9.35. The minimum absolute atomic E-state index is 0.0291. The van der Waals surface area contributed by atoms with E-state index in [2.05, 4.69) is 10.3 Å². The Morgan fingerprint density at radius 3 is 3.12 bits per heavy atom. The number of hydrogen-bond donors (Lipinski definition) is 1. The van der Waals surface area contributed by atoms with Crippen LogP contribution in [0.4, 0.5) is 0 Å². The number of allylic oxidation sites excluding steroid dienone is 1. The Morgan fingerprint density at radius 1 is 1.48 bits per heavy atom. The molecule has 0 radical (unpaired) electrons. The van der Waals surface area contributed by atoms with Gasteiger partial charge >= 0.3 is 0 Å². The Kier molecular flexibility index (Phi) is 5.83. The Balaban J connectivity index is 1.67. The summed E-state index contributed by atoms with van der Waals surface area (Å²) in [6, 6.07) is 5.50. The van der Waals surface area contributed by atoms with E-state index in [1.54, 1.807) is 11.3 Å². The molecule has 2 heterocycles. The molecule has 1 aromatic heterocycles. The number of nitrogens with one attached hydrogen (secondary N) is 1. The fourth-order valence-electron chi connectivity index (χ4n) is 2.83. The zero-order valence-electron chi connectivity index (χ0n) is 14.9. The maximum atomic E-state index is 12.6. The topological polar surface area (TPSA) is 60.5 Å². The van der Waals surface area contributed by atoms with Gasteiger partial charge in [0.05, 0.1) is 40.6 Å². The largest absolute Gasteiger partial charge is 0.379 e. The monoisotopic (exact) mass is 360 g/mol. The Hall–Kier alpha value is -1.76. The van der Waals surface area contributed by atoms with Crippen molar-refractivity contribution >= 4 is 27.5 Å². The predicted molar refractivity (Wildman–Crippen MR) is 100 cm³/mol. The molecule has 2 aromatic rings. The Labute approximate surface area is 152 Å². The number of nitrogens with zero attached hydrogens (tertiary/aromatic N) is 1. The van der Waals surface area contributed by atoms with Crippen LogP contribution in [0, 0.1) is 6.92 Å². The summed E-state index contributed by atoms with van der Waals surface area (Å²) in [6.45, 7) is 7.76. The molecular weight excluding hydrogens is 336 g/mol. The number of aromatic nitrogens is 1. The molecule has 6 heteroatoms. The summed E-state index contributed by atoms with van der Waals surface area (Å²) in [5, 5.41) is 4.06. The zero-order chi connectivity index (χ0) is 17.8. The molecule has 1 fully saturated rings. The number of hydrogen-bond acceptors (Lipinski definition) is 5. The van der Waals surface area contributed by atoms with E-state index < -0.39 is 0 Å². The van der Waals surface area contributed by atoms with Gasteiger partial charge in [0.2, 0.25) is 0 Å². The molecule has 0 saturated carbocycles. The quantitative estimate of drug-likeness (QED) is 0.830. The lowest BCUT2D eigenvalue weighted by Crippen LogP contribution is -2.50. The zero-order valence-corrected chi connectivity index (χ0v) is 15.7. The summed E-state index contributed by atoms with van der Waals surface area (Å²) in [4.78, 5) is 17.1. The van der Waals surface area contributed by atoms with Crippen molar-refractivity contribution in [3.63, 3.8) is 0 Å². The van der Waals surface area contributed by atoms with Gasteiger partial charge < -0.3 is 14.8 Å². The van der Waals surface area contributed by atoms with Gasteiger partial charge in [-0.3, -0.25) is 4.79 Å². The van der Waals surface area contributed by atoms with E-state index in [9.17, 15) is 4.79 Å². The Bertz CT molecular complexity index is 780. The van der Waals surface area contributed by atoms with Crippen LogP contribution in [0.5, 0.6) is 0 Å². The summed E-state index contributed by atoms with van der Waals surface area (Å²) in [5.41, 5.74) is 2.71. The molecule has 5 nitrogen and oxygen atoms in total. The summed E-state index contributed by atoms with van der Waals surface area (Å²) >= 11 is 1.63. The first-order valence-electron chi connectivity index (χ1n) is 8.53. The maximum Gasteiger partial charge on any atom is 0.251 e. The van der Waals surface area contributed by atoms with E-state index >= 15 is 0 Å². The number of benzene rings is 1. The number of rotatable bonds is 5. The van der Waals surface area contributed by atoms with Gasteiger partial charge in [-0.1, -0.05) is 11.6 Å². The van der Waals surface area contributed by atoms with Crippen LogP contribution in [-0.2, 0) is 9.47 Å². The van der Waals surface area contributed by atoms with Gasteiger partial charge in [0.25, 0.3) is 5.91 Å². The standard InChI is InChI=1S/C19H24N2O3S/c1-12(2)6-9-24-17-7-8-23-11-16(17)21-19(22)14-4-5-18-15(10-14)20-13(3)25-18/h4-6,10,16-17H,7-9,11H2,1-3H3,(H,21,22)/t16-,17+/m1/s1. The van der Waals surface area contributed by atoms with Crippen LogP contribution < -0.4 is 5.32 Å². The fraction of sp³-hybridized carbons (Fsp3) is 0.474. The van der Waals surface area contributed by atoms with Gasteiger partial charge in [-0.15, -0.1) is 11.3 Å². The van der Waals surface area contributed by atoms with Crippen molar-refractivity contribution in [1.29, 1.82) is 0 Å². The van der Waals surface area contributed by atoms with Gasteiger partial charge in [-0.05, 0) is 45.4 Å². The number of aryl methyl sites for hydroxylation is 1.